The van der Waals surface area contributed by atoms with Gasteiger partial charge in [0, 0.05) is 19.0 Å². The van der Waals surface area contributed by atoms with Crippen LogP contribution in [0.5, 0.6) is 0 Å². The summed E-state index contributed by atoms with van der Waals surface area (Å²) in [4.78, 5) is 0. The van der Waals surface area contributed by atoms with Crippen molar-refractivity contribution in [1.29, 1.82) is 0 Å². The van der Waals surface area contributed by atoms with Gasteiger partial charge in [0.15, 0.2) is 0 Å². The summed E-state index contributed by atoms with van der Waals surface area (Å²) in [6.07, 6.45) is 3.53. The molecule has 96 valence electrons. The number of piperidine rings is 1. The van der Waals surface area contributed by atoms with E-state index in [1.165, 1.54) is 18.5 Å². The molecule has 2 rings (SSSR count). The van der Waals surface area contributed by atoms with E-state index in [0.29, 0.717) is 6.04 Å². The smallest absolute Gasteiger partial charge is 0.0847 e. The Morgan fingerprint density at radius 2 is 2.29 bits per heavy atom. The number of halogens is 1. The van der Waals surface area contributed by atoms with Crippen LogP contribution < -0.4 is 5.32 Å². The molecular formula is C13H22ClN3. The maximum atomic E-state index is 6.34. The average Bonchev–Trinajstić information content (AvgIpc) is 2.57. The summed E-state index contributed by atoms with van der Waals surface area (Å²) in [6.45, 7) is 8.45. The molecular weight excluding hydrogens is 234 g/mol. The maximum Gasteiger partial charge on any atom is 0.0847 e. The Balaban J connectivity index is 2.12. The second-order valence-electron chi connectivity index (χ2n) is 5.15. The minimum Gasteiger partial charge on any atom is -0.314 e. The van der Waals surface area contributed by atoms with Gasteiger partial charge in [0.25, 0.3) is 0 Å². The molecule has 17 heavy (non-hydrogen) atoms. The topological polar surface area (TPSA) is 29.9 Å². The third-order valence-electron chi connectivity index (χ3n) is 3.65. The van der Waals surface area contributed by atoms with Gasteiger partial charge in [-0.1, -0.05) is 18.5 Å². The fourth-order valence-electron chi connectivity index (χ4n) is 2.67. The number of aromatic nitrogens is 2. The van der Waals surface area contributed by atoms with Gasteiger partial charge in [0.2, 0.25) is 0 Å². The van der Waals surface area contributed by atoms with Gasteiger partial charge in [0.1, 0.15) is 0 Å². The van der Waals surface area contributed by atoms with Crippen LogP contribution in [0.15, 0.2) is 0 Å². The molecule has 0 radical (unpaired) electrons. The minimum atomic E-state index is 0.553. The van der Waals surface area contributed by atoms with Gasteiger partial charge in [-0.15, -0.1) is 0 Å². The summed E-state index contributed by atoms with van der Waals surface area (Å²) < 4.78 is 2.04. The average molecular weight is 256 g/mol. The first-order valence-electron chi connectivity index (χ1n) is 6.57. The Morgan fingerprint density at radius 1 is 1.53 bits per heavy atom. The molecule has 1 saturated heterocycles. The Bertz CT molecular complexity index is 386. The highest BCUT2D eigenvalue weighted by Gasteiger charge is 2.22. The molecule has 3 nitrogen and oxygen atoms in total. The van der Waals surface area contributed by atoms with Crippen molar-refractivity contribution in [1.82, 2.24) is 15.1 Å². The van der Waals surface area contributed by atoms with Crippen LogP contribution in [0.25, 0.3) is 0 Å². The molecule has 4 heteroatoms. The Labute approximate surface area is 109 Å². The monoisotopic (exact) mass is 255 g/mol. The lowest BCUT2D eigenvalue weighted by Crippen LogP contribution is -2.39. The lowest BCUT2D eigenvalue weighted by molar-refractivity contribution is 0.314. The van der Waals surface area contributed by atoms with Crippen LogP contribution in [-0.4, -0.2) is 22.4 Å². The van der Waals surface area contributed by atoms with E-state index in [1.807, 2.05) is 11.6 Å². The van der Waals surface area contributed by atoms with Crippen molar-refractivity contribution < 1.29 is 0 Å². The van der Waals surface area contributed by atoms with Crippen molar-refractivity contribution in [3.63, 3.8) is 0 Å². The molecule has 2 atom stereocenters. The van der Waals surface area contributed by atoms with E-state index >= 15 is 0 Å². The zero-order chi connectivity index (χ0) is 12.4. The van der Waals surface area contributed by atoms with E-state index in [0.717, 1.165) is 36.1 Å². The van der Waals surface area contributed by atoms with E-state index < -0.39 is 0 Å². The summed E-state index contributed by atoms with van der Waals surface area (Å²) in [5.74, 6) is 0.819. The van der Waals surface area contributed by atoms with E-state index in [9.17, 15) is 0 Å². The predicted molar refractivity (Wildman–Crippen MR) is 71.5 cm³/mol. The van der Waals surface area contributed by atoms with E-state index in [1.54, 1.807) is 0 Å². The quantitative estimate of drug-likeness (QED) is 0.900. The molecule has 0 saturated carbocycles. The molecule has 0 bridgehead atoms. The zero-order valence-corrected chi connectivity index (χ0v) is 11.7. The van der Waals surface area contributed by atoms with E-state index in [2.05, 4.69) is 24.3 Å². The van der Waals surface area contributed by atoms with Crippen molar-refractivity contribution in [3.05, 3.63) is 16.4 Å². The number of nitrogens with zero attached hydrogens (tertiary/aromatic N) is 2. The first-order chi connectivity index (χ1) is 8.11. The molecule has 0 aliphatic carbocycles. The van der Waals surface area contributed by atoms with Crippen LogP contribution in [0.1, 0.15) is 38.1 Å². The molecule has 1 fully saturated rings. The molecule has 1 aromatic heterocycles. The highest BCUT2D eigenvalue weighted by atomic mass is 35.5. The van der Waals surface area contributed by atoms with Gasteiger partial charge in [-0.2, -0.15) is 5.10 Å². The molecule has 0 aromatic carbocycles. The van der Waals surface area contributed by atoms with Gasteiger partial charge < -0.3 is 5.32 Å². The summed E-state index contributed by atoms with van der Waals surface area (Å²) >= 11 is 6.34. The van der Waals surface area contributed by atoms with Crippen LogP contribution in [0.3, 0.4) is 0 Å². The Morgan fingerprint density at radius 3 is 2.94 bits per heavy atom. The molecule has 2 heterocycles. The second kappa shape index (κ2) is 5.40. The van der Waals surface area contributed by atoms with Gasteiger partial charge in [-0.25, -0.2) is 0 Å². The van der Waals surface area contributed by atoms with Gasteiger partial charge in [-0.05, 0) is 39.2 Å². The van der Waals surface area contributed by atoms with E-state index in [-0.39, 0.29) is 0 Å². The van der Waals surface area contributed by atoms with Crippen molar-refractivity contribution in [2.75, 3.05) is 6.54 Å². The maximum absolute atomic E-state index is 6.34. The molecule has 1 aliphatic rings. The largest absolute Gasteiger partial charge is 0.314 e. The number of aryl methyl sites for hydroxylation is 2. The number of hydrogen-bond acceptors (Lipinski definition) is 2. The fourth-order valence-corrected chi connectivity index (χ4v) is 2.89. The predicted octanol–water partition coefficient (Wildman–Crippen LogP) is 2.80. The zero-order valence-electron chi connectivity index (χ0n) is 11.0. The van der Waals surface area contributed by atoms with Crippen molar-refractivity contribution >= 4 is 11.6 Å². The van der Waals surface area contributed by atoms with Crippen molar-refractivity contribution in [3.8, 4) is 0 Å². The molecule has 0 spiro atoms. The van der Waals surface area contributed by atoms with Crippen molar-refractivity contribution in [2.24, 2.45) is 5.92 Å². The first-order valence-corrected chi connectivity index (χ1v) is 6.94. The fraction of sp³-hybridized carbons (Fsp3) is 0.769. The van der Waals surface area contributed by atoms with Crippen LogP contribution in [0, 0.1) is 12.8 Å². The standard InChI is InChI=1S/C13H22ClN3/c1-4-17-12(13(14)10(3)16-17)8-11-7-9(2)5-6-15-11/h9,11,15H,4-8H2,1-3H3. The Hall–Kier alpha value is -0.540. The van der Waals surface area contributed by atoms with Crippen molar-refractivity contribution in [2.45, 2.75) is 52.6 Å². The van der Waals surface area contributed by atoms with Crippen LogP contribution in [0.4, 0.5) is 0 Å². The normalized spacial score (nSPS) is 25.2. The lowest BCUT2D eigenvalue weighted by Gasteiger charge is -2.28. The number of hydrogen-bond donors (Lipinski definition) is 1. The molecule has 2 unspecified atom stereocenters. The van der Waals surface area contributed by atoms with Gasteiger partial charge in [-0.3, -0.25) is 4.68 Å². The van der Waals surface area contributed by atoms with E-state index in [4.69, 9.17) is 11.6 Å². The molecule has 1 aromatic rings. The Kier molecular flexibility index (Phi) is 4.10. The third kappa shape index (κ3) is 2.83. The second-order valence-corrected chi connectivity index (χ2v) is 5.52. The molecule has 1 N–H and O–H groups in total. The number of nitrogens with one attached hydrogen (secondary N) is 1. The summed E-state index contributed by atoms with van der Waals surface area (Å²) in [7, 11) is 0. The third-order valence-corrected chi connectivity index (χ3v) is 4.14. The van der Waals surface area contributed by atoms with Gasteiger partial charge in [0.05, 0.1) is 16.4 Å². The van der Waals surface area contributed by atoms with Gasteiger partial charge >= 0.3 is 0 Å². The molecule has 1 aliphatic heterocycles. The summed E-state index contributed by atoms with van der Waals surface area (Å²) in [5, 5.41) is 8.91. The SMILES string of the molecule is CCn1nc(C)c(Cl)c1CC1CC(C)CCN1. The first kappa shape index (κ1) is 12.9. The van der Waals surface area contributed by atoms with Crippen LogP contribution in [0.2, 0.25) is 5.02 Å². The molecule has 0 amide bonds. The highest BCUT2D eigenvalue weighted by Crippen LogP contribution is 2.24. The van der Waals surface area contributed by atoms with Crippen LogP contribution >= 0.6 is 11.6 Å². The number of rotatable bonds is 3. The minimum absolute atomic E-state index is 0.553. The lowest BCUT2D eigenvalue weighted by atomic mass is 9.92. The summed E-state index contributed by atoms with van der Waals surface area (Å²) in [5.41, 5.74) is 2.14. The summed E-state index contributed by atoms with van der Waals surface area (Å²) in [6, 6.07) is 0.553. The van der Waals surface area contributed by atoms with Crippen LogP contribution in [-0.2, 0) is 13.0 Å². The highest BCUT2D eigenvalue weighted by molar-refractivity contribution is 6.31.